The van der Waals surface area contributed by atoms with Gasteiger partial charge in [-0.2, -0.15) is 5.26 Å². The van der Waals surface area contributed by atoms with Crippen LogP contribution in [-0.2, 0) is 11.2 Å². The zero-order valence-corrected chi connectivity index (χ0v) is 9.93. The summed E-state index contributed by atoms with van der Waals surface area (Å²) >= 11 is 5.95. The fourth-order valence-electron chi connectivity index (χ4n) is 2.28. The van der Waals surface area contributed by atoms with Gasteiger partial charge in [-0.15, -0.1) is 0 Å². The first-order chi connectivity index (χ1) is 8.07. The van der Waals surface area contributed by atoms with Crippen molar-refractivity contribution in [2.75, 3.05) is 0 Å². The van der Waals surface area contributed by atoms with E-state index in [9.17, 15) is 14.4 Å². The van der Waals surface area contributed by atoms with Crippen molar-refractivity contribution in [2.45, 2.75) is 25.7 Å². The van der Waals surface area contributed by atoms with E-state index in [-0.39, 0.29) is 12.2 Å². The highest BCUT2D eigenvalue weighted by Gasteiger charge is 2.42. The first-order valence-electron chi connectivity index (χ1n) is 5.46. The molecule has 0 spiro atoms. The lowest BCUT2D eigenvalue weighted by molar-refractivity contribution is -0.123. The maximum Gasteiger partial charge on any atom is 0.153 e. The van der Waals surface area contributed by atoms with Gasteiger partial charge in [0.05, 0.1) is 6.07 Å². The van der Waals surface area contributed by atoms with E-state index >= 15 is 0 Å². The second-order valence-corrected chi connectivity index (χ2v) is 4.79. The third-order valence-electron chi connectivity index (χ3n) is 3.26. The Morgan fingerprint density at radius 2 is 2.29 bits per heavy atom. The van der Waals surface area contributed by atoms with Crippen molar-refractivity contribution in [3.05, 3.63) is 34.6 Å². The number of hydrogen-bond acceptors (Lipinski definition) is 2. The lowest BCUT2D eigenvalue weighted by atomic mass is 9.80. The minimum absolute atomic E-state index is 0.0553. The Bertz CT molecular complexity index is 509. The molecule has 0 heterocycles. The van der Waals surface area contributed by atoms with Crippen LogP contribution in [0.3, 0.4) is 0 Å². The summed E-state index contributed by atoms with van der Waals surface area (Å²) in [5.74, 6) is -0.455. The van der Waals surface area contributed by atoms with Crippen molar-refractivity contribution < 1.29 is 9.18 Å². The highest BCUT2D eigenvalue weighted by Crippen LogP contribution is 2.38. The van der Waals surface area contributed by atoms with E-state index in [4.69, 9.17) is 11.6 Å². The Morgan fingerprint density at radius 3 is 2.88 bits per heavy atom. The number of rotatable bonds is 2. The van der Waals surface area contributed by atoms with Crippen LogP contribution in [0.5, 0.6) is 0 Å². The number of nitriles is 1. The molecule has 1 fully saturated rings. The molecule has 1 aromatic carbocycles. The predicted molar refractivity (Wildman–Crippen MR) is 62.0 cm³/mol. The molecule has 1 aliphatic rings. The molecule has 88 valence electrons. The smallest absolute Gasteiger partial charge is 0.153 e. The molecule has 1 aliphatic carbocycles. The summed E-state index contributed by atoms with van der Waals surface area (Å²) in [6, 6.07) is 6.11. The number of Topliss-reactive ketones (excluding diaryl/α,β-unsaturated/α-hetero) is 1. The highest BCUT2D eigenvalue weighted by atomic mass is 35.5. The van der Waals surface area contributed by atoms with Crippen molar-refractivity contribution in [3.8, 4) is 6.07 Å². The largest absolute Gasteiger partial charge is 0.298 e. The van der Waals surface area contributed by atoms with Gasteiger partial charge in [0.15, 0.2) is 5.78 Å². The standard InChI is InChI=1S/C13H11ClFNO/c14-11-4-3-10(15)6-9(11)7-13(8-16)5-1-2-12(13)17/h3-4,6H,1-2,5,7H2. The summed E-state index contributed by atoms with van der Waals surface area (Å²) in [7, 11) is 0. The molecule has 1 unspecified atom stereocenters. The molecule has 0 radical (unpaired) electrons. The second kappa shape index (κ2) is 4.46. The Morgan fingerprint density at radius 1 is 1.53 bits per heavy atom. The van der Waals surface area contributed by atoms with E-state index in [1.165, 1.54) is 18.2 Å². The minimum atomic E-state index is -1.00. The zero-order valence-electron chi connectivity index (χ0n) is 9.17. The summed E-state index contributed by atoms with van der Waals surface area (Å²) in [5.41, 5.74) is -0.472. The second-order valence-electron chi connectivity index (χ2n) is 4.38. The fourth-order valence-corrected chi connectivity index (χ4v) is 2.46. The number of ketones is 1. The van der Waals surface area contributed by atoms with Crippen molar-refractivity contribution in [1.29, 1.82) is 5.26 Å². The number of carbonyl (C=O) groups excluding carboxylic acids is 1. The molecule has 0 amide bonds. The number of hydrogen-bond donors (Lipinski definition) is 0. The first-order valence-corrected chi connectivity index (χ1v) is 5.84. The van der Waals surface area contributed by atoms with Crippen LogP contribution in [0, 0.1) is 22.6 Å². The molecular weight excluding hydrogens is 241 g/mol. The lowest BCUT2D eigenvalue weighted by Gasteiger charge is -2.19. The minimum Gasteiger partial charge on any atom is -0.298 e. The van der Waals surface area contributed by atoms with E-state index in [2.05, 4.69) is 6.07 Å². The first kappa shape index (κ1) is 12.1. The van der Waals surface area contributed by atoms with Gasteiger partial charge in [0.2, 0.25) is 0 Å². The third-order valence-corrected chi connectivity index (χ3v) is 3.62. The van der Waals surface area contributed by atoms with Crippen molar-refractivity contribution in [2.24, 2.45) is 5.41 Å². The number of carbonyl (C=O) groups is 1. The van der Waals surface area contributed by atoms with Gasteiger partial charge in [-0.3, -0.25) is 4.79 Å². The number of nitrogens with zero attached hydrogens (tertiary/aromatic N) is 1. The fraction of sp³-hybridized carbons (Fsp3) is 0.385. The Balaban J connectivity index is 2.34. The van der Waals surface area contributed by atoms with Crippen LogP contribution in [0.1, 0.15) is 24.8 Å². The Kier molecular flexibility index (Phi) is 3.17. The quantitative estimate of drug-likeness (QED) is 0.809. The average molecular weight is 252 g/mol. The molecule has 2 nitrogen and oxygen atoms in total. The van der Waals surface area contributed by atoms with Crippen LogP contribution < -0.4 is 0 Å². The molecule has 0 aromatic heterocycles. The Hall–Kier alpha value is -1.40. The SMILES string of the molecule is N#CC1(Cc2cc(F)ccc2Cl)CCCC1=O. The van der Waals surface area contributed by atoms with E-state index in [0.717, 1.165) is 6.42 Å². The molecule has 0 saturated heterocycles. The molecule has 1 aromatic rings. The van der Waals surface area contributed by atoms with Crippen LogP contribution in [0.15, 0.2) is 18.2 Å². The van der Waals surface area contributed by atoms with Gasteiger partial charge in [-0.25, -0.2) is 4.39 Å². The molecule has 0 N–H and O–H groups in total. The van der Waals surface area contributed by atoms with Gasteiger partial charge in [0.1, 0.15) is 11.2 Å². The third kappa shape index (κ3) is 2.18. The van der Waals surface area contributed by atoms with E-state index in [0.29, 0.717) is 23.4 Å². The van der Waals surface area contributed by atoms with Gasteiger partial charge in [0.25, 0.3) is 0 Å². The van der Waals surface area contributed by atoms with Crippen LogP contribution in [0.4, 0.5) is 4.39 Å². The van der Waals surface area contributed by atoms with Crippen LogP contribution >= 0.6 is 11.6 Å². The van der Waals surface area contributed by atoms with Gasteiger partial charge in [-0.1, -0.05) is 11.6 Å². The van der Waals surface area contributed by atoms with Crippen molar-refractivity contribution in [3.63, 3.8) is 0 Å². The number of halogens is 2. The van der Waals surface area contributed by atoms with Crippen molar-refractivity contribution >= 4 is 17.4 Å². The van der Waals surface area contributed by atoms with Gasteiger partial charge in [-0.05, 0) is 43.0 Å². The summed E-state index contributed by atoms with van der Waals surface area (Å²) in [4.78, 5) is 11.8. The normalized spacial score (nSPS) is 23.7. The van der Waals surface area contributed by atoms with Crippen molar-refractivity contribution in [1.82, 2.24) is 0 Å². The molecule has 4 heteroatoms. The maximum atomic E-state index is 13.1. The van der Waals surface area contributed by atoms with E-state index < -0.39 is 11.2 Å². The maximum absolute atomic E-state index is 13.1. The molecule has 0 aliphatic heterocycles. The molecule has 1 atom stereocenters. The summed E-state index contributed by atoms with van der Waals surface area (Å²) in [6.45, 7) is 0. The molecule has 1 saturated carbocycles. The highest BCUT2D eigenvalue weighted by molar-refractivity contribution is 6.31. The average Bonchev–Trinajstić information content (AvgIpc) is 2.66. The monoisotopic (exact) mass is 251 g/mol. The van der Waals surface area contributed by atoms with Gasteiger partial charge < -0.3 is 0 Å². The molecular formula is C13H11ClFNO. The summed E-state index contributed by atoms with van der Waals surface area (Å²) < 4.78 is 13.1. The van der Waals surface area contributed by atoms with Gasteiger partial charge in [0, 0.05) is 11.4 Å². The summed E-state index contributed by atoms with van der Waals surface area (Å²) in [5, 5.41) is 9.60. The molecule has 17 heavy (non-hydrogen) atoms. The van der Waals surface area contributed by atoms with E-state index in [1.54, 1.807) is 0 Å². The zero-order chi connectivity index (χ0) is 12.5. The van der Waals surface area contributed by atoms with Gasteiger partial charge >= 0.3 is 0 Å². The van der Waals surface area contributed by atoms with Crippen LogP contribution in [-0.4, -0.2) is 5.78 Å². The molecule has 2 rings (SSSR count). The van der Waals surface area contributed by atoms with Crippen LogP contribution in [0.2, 0.25) is 5.02 Å². The Labute approximate surface area is 104 Å². The lowest BCUT2D eigenvalue weighted by Crippen LogP contribution is -2.26. The van der Waals surface area contributed by atoms with E-state index in [1.807, 2.05) is 0 Å². The van der Waals surface area contributed by atoms with Crippen LogP contribution in [0.25, 0.3) is 0 Å². The number of benzene rings is 1. The topological polar surface area (TPSA) is 40.9 Å². The molecule has 0 bridgehead atoms. The summed E-state index contributed by atoms with van der Waals surface area (Å²) in [6.07, 6.45) is 1.90. The predicted octanol–water partition coefficient (Wildman–Crippen LogP) is 3.28.